The first-order valence-electron chi connectivity index (χ1n) is 6.18. The van der Waals surface area contributed by atoms with E-state index in [1.807, 2.05) is 0 Å². The maximum atomic E-state index is 12.0. The first kappa shape index (κ1) is 15.9. The second-order valence-corrected chi connectivity index (χ2v) is 8.79. The van der Waals surface area contributed by atoms with Crippen molar-refractivity contribution in [2.24, 2.45) is 11.1 Å². The Kier molecular flexibility index (Phi) is 4.09. The third-order valence-corrected chi connectivity index (χ3v) is 5.31. The molecule has 1 heterocycles. The van der Waals surface area contributed by atoms with Gasteiger partial charge in [-0.25, -0.2) is 22.0 Å². The van der Waals surface area contributed by atoms with Crippen molar-refractivity contribution in [2.45, 2.75) is 11.3 Å². The van der Waals surface area contributed by atoms with Gasteiger partial charge in [-0.15, -0.1) is 0 Å². The summed E-state index contributed by atoms with van der Waals surface area (Å²) in [7, 11) is -7.16. The van der Waals surface area contributed by atoms with Crippen molar-refractivity contribution in [3.63, 3.8) is 0 Å². The highest BCUT2D eigenvalue weighted by Crippen LogP contribution is 2.30. The zero-order valence-corrected chi connectivity index (χ0v) is 13.0. The largest absolute Gasteiger partial charge is 0.311 e. The monoisotopic (exact) mass is 332 g/mol. The number of sulfonamides is 1. The van der Waals surface area contributed by atoms with Crippen LogP contribution in [0.1, 0.15) is 6.42 Å². The molecular formula is C12H16N2O5S2. The van der Waals surface area contributed by atoms with Gasteiger partial charge in [-0.2, -0.15) is 0 Å². The molecule has 0 bridgehead atoms. The summed E-state index contributed by atoms with van der Waals surface area (Å²) in [6.45, 7) is 0.141. The average Bonchev–Trinajstić information content (AvgIpc) is 2.66. The number of carbonyl (C=O) groups excluding carboxylic acids is 1. The maximum absolute atomic E-state index is 12.0. The van der Waals surface area contributed by atoms with Gasteiger partial charge in [0.05, 0.1) is 16.3 Å². The summed E-state index contributed by atoms with van der Waals surface area (Å²) in [6, 6.07) is 6.16. The Hall–Kier alpha value is -1.45. The van der Waals surface area contributed by atoms with Crippen molar-refractivity contribution >= 4 is 31.5 Å². The van der Waals surface area contributed by atoms with Crippen molar-refractivity contribution in [1.29, 1.82) is 0 Å². The molecule has 21 heavy (non-hydrogen) atoms. The zero-order chi connectivity index (χ0) is 15.8. The predicted molar refractivity (Wildman–Crippen MR) is 78.0 cm³/mol. The third kappa shape index (κ3) is 3.80. The van der Waals surface area contributed by atoms with Gasteiger partial charge in [0.1, 0.15) is 0 Å². The average molecular weight is 332 g/mol. The highest BCUT2D eigenvalue weighted by Gasteiger charge is 2.34. The molecule has 1 aromatic rings. The summed E-state index contributed by atoms with van der Waals surface area (Å²) in [5, 5.41) is 4.99. The first-order valence-corrected chi connectivity index (χ1v) is 9.78. The molecule has 2 N–H and O–H groups in total. The van der Waals surface area contributed by atoms with Crippen LogP contribution < -0.4 is 10.0 Å². The number of carbonyl (C=O) groups is 1. The Morgan fingerprint density at radius 1 is 1.24 bits per heavy atom. The number of hydrogen-bond acceptors (Lipinski definition) is 5. The molecule has 7 nitrogen and oxygen atoms in total. The summed E-state index contributed by atoms with van der Waals surface area (Å²) in [4.78, 5) is 13.4. The van der Waals surface area contributed by atoms with Crippen molar-refractivity contribution in [3.8, 4) is 0 Å². The lowest BCUT2D eigenvalue weighted by atomic mass is 10.1. The standard InChI is InChI=1S/C12H16N2O5S2/c1-20(16,17)11-5-3-2-4-10(11)14-7-9(6-12(14)15)8-21(13,18)19/h2-5,9H,6-8H2,1H3,(H2,13,18,19). The van der Waals surface area contributed by atoms with Crippen LogP contribution in [0.2, 0.25) is 0 Å². The van der Waals surface area contributed by atoms with Crippen LogP contribution >= 0.6 is 0 Å². The van der Waals surface area contributed by atoms with Crippen LogP contribution in [0.4, 0.5) is 5.69 Å². The summed E-state index contributed by atoms with van der Waals surface area (Å²) in [6.07, 6.45) is 1.10. The smallest absolute Gasteiger partial charge is 0.227 e. The van der Waals surface area contributed by atoms with E-state index in [9.17, 15) is 21.6 Å². The normalized spacial score (nSPS) is 20.0. The number of sulfone groups is 1. The Bertz CT molecular complexity index is 771. The lowest BCUT2D eigenvalue weighted by Crippen LogP contribution is -2.28. The first-order chi connectivity index (χ1) is 9.58. The fraction of sp³-hybridized carbons (Fsp3) is 0.417. The molecule has 1 fully saturated rings. The summed E-state index contributed by atoms with van der Waals surface area (Å²) in [5.41, 5.74) is 0.280. The number of benzene rings is 1. The third-order valence-electron chi connectivity index (χ3n) is 3.23. The molecule has 0 spiro atoms. The van der Waals surface area contributed by atoms with Crippen LogP contribution in [0.5, 0.6) is 0 Å². The van der Waals surface area contributed by atoms with Crippen LogP contribution in [0, 0.1) is 5.92 Å². The van der Waals surface area contributed by atoms with E-state index >= 15 is 0 Å². The van der Waals surface area contributed by atoms with Gasteiger partial charge in [-0.05, 0) is 12.1 Å². The van der Waals surface area contributed by atoms with E-state index in [0.717, 1.165) is 6.26 Å². The minimum Gasteiger partial charge on any atom is -0.311 e. The fourth-order valence-corrected chi connectivity index (χ4v) is 4.21. The van der Waals surface area contributed by atoms with Crippen molar-refractivity contribution in [3.05, 3.63) is 24.3 Å². The highest BCUT2D eigenvalue weighted by molar-refractivity contribution is 7.91. The highest BCUT2D eigenvalue weighted by atomic mass is 32.2. The lowest BCUT2D eigenvalue weighted by molar-refractivity contribution is -0.117. The van der Waals surface area contributed by atoms with Gasteiger partial charge in [0.2, 0.25) is 15.9 Å². The summed E-state index contributed by atoms with van der Waals surface area (Å²) >= 11 is 0. The Balaban J connectivity index is 2.34. The van der Waals surface area contributed by atoms with E-state index in [2.05, 4.69) is 0 Å². The number of rotatable bonds is 4. The Morgan fingerprint density at radius 2 is 1.86 bits per heavy atom. The molecule has 116 valence electrons. The summed E-state index contributed by atoms with van der Waals surface area (Å²) < 4.78 is 45.8. The van der Waals surface area contributed by atoms with Gasteiger partial charge in [-0.1, -0.05) is 12.1 Å². The summed E-state index contributed by atoms with van der Waals surface area (Å²) in [5.74, 6) is -1.03. The molecule has 1 aliphatic rings. The molecular weight excluding hydrogens is 316 g/mol. The maximum Gasteiger partial charge on any atom is 0.227 e. The van der Waals surface area contributed by atoms with E-state index in [-0.39, 0.29) is 35.2 Å². The second-order valence-electron chi connectivity index (χ2n) is 5.14. The molecule has 1 aliphatic heterocycles. The van der Waals surface area contributed by atoms with E-state index in [0.29, 0.717) is 0 Å². The lowest BCUT2D eigenvalue weighted by Gasteiger charge is -2.19. The number of nitrogens with two attached hydrogens (primary N) is 1. The molecule has 1 amide bonds. The minimum absolute atomic E-state index is 0.0362. The van der Waals surface area contributed by atoms with Crippen LogP contribution in [-0.2, 0) is 24.7 Å². The van der Waals surface area contributed by atoms with E-state index in [1.165, 1.54) is 17.0 Å². The van der Waals surface area contributed by atoms with Crippen molar-refractivity contribution in [2.75, 3.05) is 23.5 Å². The van der Waals surface area contributed by atoms with Gasteiger partial charge in [0, 0.05) is 25.1 Å². The van der Waals surface area contributed by atoms with Crippen LogP contribution in [0.25, 0.3) is 0 Å². The second kappa shape index (κ2) is 5.39. The van der Waals surface area contributed by atoms with Crippen molar-refractivity contribution in [1.82, 2.24) is 0 Å². The van der Waals surface area contributed by atoms with Gasteiger partial charge < -0.3 is 4.90 Å². The van der Waals surface area contributed by atoms with E-state index < -0.39 is 25.8 Å². The topological polar surface area (TPSA) is 115 Å². The van der Waals surface area contributed by atoms with Gasteiger partial charge in [0.15, 0.2) is 9.84 Å². The number of amides is 1. The van der Waals surface area contributed by atoms with Crippen molar-refractivity contribution < 1.29 is 21.6 Å². The Labute approximate surface area is 123 Å². The number of hydrogen-bond donors (Lipinski definition) is 1. The molecule has 9 heteroatoms. The molecule has 1 saturated heterocycles. The number of primary sulfonamides is 1. The fourth-order valence-electron chi connectivity index (χ4n) is 2.45. The molecule has 0 aliphatic carbocycles. The molecule has 2 rings (SSSR count). The minimum atomic E-state index is -3.67. The predicted octanol–water partition coefficient (Wildman–Crippen LogP) is -0.268. The molecule has 0 saturated carbocycles. The molecule has 1 unspecified atom stereocenters. The molecule has 0 aromatic heterocycles. The zero-order valence-electron chi connectivity index (χ0n) is 11.4. The molecule has 0 radical (unpaired) electrons. The SMILES string of the molecule is CS(=O)(=O)c1ccccc1N1CC(CS(N)(=O)=O)CC1=O. The number of nitrogens with zero attached hydrogens (tertiary/aromatic N) is 1. The Morgan fingerprint density at radius 3 is 2.43 bits per heavy atom. The van der Waals surface area contributed by atoms with Gasteiger partial charge in [0.25, 0.3) is 0 Å². The van der Waals surface area contributed by atoms with E-state index in [1.54, 1.807) is 12.1 Å². The number of anilines is 1. The van der Waals surface area contributed by atoms with E-state index in [4.69, 9.17) is 5.14 Å². The van der Waals surface area contributed by atoms with Crippen LogP contribution in [0.15, 0.2) is 29.2 Å². The van der Waals surface area contributed by atoms with Gasteiger partial charge in [-0.3, -0.25) is 4.79 Å². The molecule has 1 aromatic carbocycles. The van der Waals surface area contributed by atoms with Crippen LogP contribution in [-0.4, -0.2) is 41.3 Å². The number of para-hydroxylation sites is 1. The quantitative estimate of drug-likeness (QED) is 0.815. The van der Waals surface area contributed by atoms with Gasteiger partial charge >= 0.3 is 0 Å². The van der Waals surface area contributed by atoms with Crippen LogP contribution in [0.3, 0.4) is 0 Å². The molecule has 1 atom stereocenters.